The summed E-state index contributed by atoms with van der Waals surface area (Å²) in [6.45, 7) is 6.46. The van der Waals surface area contributed by atoms with Crippen molar-refractivity contribution in [2.24, 2.45) is 0 Å². The van der Waals surface area contributed by atoms with Gasteiger partial charge in [-0.2, -0.15) is 0 Å². The van der Waals surface area contributed by atoms with E-state index < -0.39 is 6.17 Å². The quantitative estimate of drug-likeness (QED) is 0.688. The average Bonchev–Trinajstić information content (AvgIpc) is 2.83. The zero-order valence-electron chi connectivity index (χ0n) is 19.5. The average molecular weight is 456 g/mol. The topological polar surface area (TPSA) is 66.2 Å². The SMILES string of the molecule is CC(c1cc(C(=O)N(C)C)cc2c(=O)cc(N3CCOCC3)oc12)C(C)N1C=CC(F)C=C1. The van der Waals surface area contributed by atoms with Crippen molar-refractivity contribution in [2.45, 2.75) is 32.0 Å². The van der Waals surface area contributed by atoms with E-state index >= 15 is 0 Å². The van der Waals surface area contributed by atoms with E-state index in [4.69, 9.17) is 9.15 Å². The molecule has 4 rings (SSSR count). The Balaban J connectivity index is 1.84. The standard InChI is InChI=1S/C25H30FN3O4/c1-16(17(2)28-7-5-19(26)6-8-28)20-13-18(25(31)27(3)4)14-21-22(30)15-23(33-24(20)21)29-9-11-32-12-10-29/h5-8,13-17,19H,9-12H2,1-4H3. The number of amides is 1. The molecular weight excluding hydrogens is 425 g/mol. The first-order chi connectivity index (χ1) is 15.8. The van der Waals surface area contributed by atoms with E-state index in [0.29, 0.717) is 48.7 Å². The Bertz CT molecular complexity index is 1140. The highest BCUT2D eigenvalue weighted by molar-refractivity contribution is 5.98. The molecule has 33 heavy (non-hydrogen) atoms. The van der Waals surface area contributed by atoms with Crippen LogP contribution in [0.1, 0.15) is 35.7 Å². The highest BCUT2D eigenvalue weighted by atomic mass is 19.1. The van der Waals surface area contributed by atoms with E-state index in [1.54, 1.807) is 32.6 Å². The number of hydrogen-bond acceptors (Lipinski definition) is 6. The lowest BCUT2D eigenvalue weighted by atomic mass is 9.90. The molecule has 8 heteroatoms. The van der Waals surface area contributed by atoms with Crippen molar-refractivity contribution in [3.63, 3.8) is 0 Å². The number of ether oxygens (including phenoxy) is 1. The molecule has 0 bridgehead atoms. The van der Waals surface area contributed by atoms with Gasteiger partial charge in [0, 0.05) is 68.7 Å². The minimum atomic E-state index is -1.10. The van der Waals surface area contributed by atoms with Gasteiger partial charge < -0.3 is 23.9 Å². The van der Waals surface area contributed by atoms with Gasteiger partial charge in [0.2, 0.25) is 0 Å². The number of hydrogen-bond donors (Lipinski definition) is 0. The molecule has 2 aromatic rings. The van der Waals surface area contributed by atoms with E-state index in [1.165, 1.54) is 23.1 Å². The van der Waals surface area contributed by atoms with Gasteiger partial charge in [-0.15, -0.1) is 0 Å². The number of carbonyl (C=O) groups excluding carboxylic acids is 1. The van der Waals surface area contributed by atoms with Gasteiger partial charge in [-0.3, -0.25) is 9.59 Å². The molecule has 1 aromatic carbocycles. The number of alkyl halides is 1. The first kappa shape index (κ1) is 23.0. The Hall–Kier alpha value is -3.13. The Morgan fingerprint density at radius 3 is 2.42 bits per heavy atom. The minimum Gasteiger partial charge on any atom is -0.440 e. The number of halogens is 1. The fraction of sp³-hybridized carbons (Fsp3) is 0.440. The Kier molecular flexibility index (Phi) is 6.56. The largest absolute Gasteiger partial charge is 0.440 e. The lowest BCUT2D eigenvalue weighted by Gasteiger charge is -2.32. The molecule has 1 fully saturated rings. The Morgan fingerprint density at radius 1 is 1.12 bits per heavy atom. The number of fused-ring (bicyclic) bond motifs is 1. The van der Waals surface area contributed by atoms with Crippen molar-refractivity contribution < 1.29 is 18.3 Å². The molecule has 7 nitrogen and oxygen atoms in total. The molecule has 0 saturated carbocycles. The molecule has 2 unspecified atom stereocenters. The highest BCUT2D eigenvalue weighted by Gasteiger charge is 2.26. The molecule has 2 aliphatic rings. The van der Waals surface area contributed by atoms with Crippen LogP contribution in [0.4, 0.5) is 10.3 Å². The lowest BCUT2D eigenvalue weighted by Crippen LogP contribution is -2.36. The van der Waals surface area contributed by atoms with E-state index in [0.717, 1.165) is 5.56 Å². The minimum absolute atomic E-state index is 0.0738. The number of benzene rings is 1. The first-order valence-corrected chi connectivity index (χ1v) is 11.2. The van der Waals surface area contributed by atoms with Gasteiger partial charge in [-0.1, -0.05) is 6.92 Å². The molecule has 1 saturated heterocycles. The van der Waals surface area contributed by atoms with Crippen LogP contribution in [0.15, 0.2) is 52.0 Å². The van der Waals surface area contributed by atoms with Crippen LogP contribution in [0.25, 0.3) is 11.0 Å². The number of anilines is 1. The van der Waals surface area contributed by atoms with Gasteiger partial charge >= 0.3 is 0 Å². The van der Waals surface area contributed by atoms with Crippen molar-refractivity contribution in [2.75, 3.05) is 45.3 Å². The molecule has 0 N–H and O–H groups in total. The maximum absolute atomic E-state index is 13.5. The maximum atomic E-state index is 13.5. The summed E-state index contributed by atoms with van der Waals surface area (Å²) in [5.74, 6) is 0.185. The third-order valence-corrected chi connectivity index (χ3v) is 6.39. The summed E-state index contributed by atoms with van der Waals surface area (Å²) >= 11 is 0. The molecule has 0 aliphatic carbocycles. The first-order valence-electron chi connectivity index (χ1n) is 11.2. The third-order valence-electron chi connectivity index (χ3n) is 6.39. The molecule has 176 valence electrons. The Morgan fingerprint density at radius 2 is 1.79 bits per heavy atom. The van der Waals surface area contributed by atoms with Crippen molar-refractivity contribution in [1.29, 1.82) is 0 Å². The van der Waals surface area contributed by atoms with Gasteiger partial charge in [0.15, 0.2) is 11.3 Å². The summed E-state index contributed by atoms with van der Waals surface area (Å²) in [6.07, 6.45) is 5.32. The van der Waals surface area contributed by atoms with Crippen LogP contribution in [0.2, 0.25) is 0 Å². The predicted molar refractivity (Wildman–Crippen MR) is 126 cm³/mol. The van der Waals surface area contributed by atoms with Crippen molar-refractivity contribution >= 4 is 22.8 Å². The number of nitrogens with zero attached hydrogens (tertiary/aromatic N) is 3. The molecule has 1 amide bonds. The predicted octanol–water partition coefficient (Wildman–Crippen LogP) is 3.50. The summed E-state index contributed by atoms with van der Waals surface area (Å²) in [7, 11) is 3.36. The normalized spacial score (nSPS) is 18.6. The fourth-order valence-electron chi connectivity index (χ4n) is 4.20. The molecule has 0 radical (unpaired) electrons. The highest BCUT2D eigenvalue weighted by Crippen LogP contribution is 2.33. The number of carbonyl (C=O) groups is 1. The van der Waals surface area contributed by atoms with Gasteiger partial charge in [0.05, 0.1) is 18.6 Å². The second-order valence-electron chi connectivity index (χ2n) is 8.79. The molecular formula is C25H30FN3O4. The van der Waals surface area contributed by atoms with Gasteiger partial charge in [0.1, 0.15) is 11.8 Å². The summed E-state index contributed by atoms with van der Waals surface area (Å²) in [5.41, 5.74) is 1.49. The van der Waals surface area contributed by atoms with E-state index in [9.17, 15) is 14.0 Å². The Labute approximate surface area is 192 Å². The van der Waals surface area contributed by atoms with Crippen LogP contribution in [0.5, 0.6) is 0 Å². The van der Waals surface area contributed by atoms with E-state index in [-0.39, 0.29) is 23.3 Å². The molecule has 1 aromatic heterocycles. The number of morpholine rings is 1. The van der Waals surface area contributed by atoms with Crippen LogP contribution >= 0.6 is 0 Å². The summed E-state index contributed by atoms with van der Waals surface area (Å²) in [6, 6.07) is 4.84. The number of allylic oxidation sites excluding steroid dienone is 2. The zero-order valence-corrected chi connectivity index (χ0v) is 19.5. The molecule has 3 heterocycles. The summed E-state index contributed by atoms with van der Waals surface area (Å²) in [5, 5.41) is 0.377. The van der Waals surface area contributed by atoms with Crippen LogP contribution in [0.3, 0.4) is 0 Å². The zero-order chi connectivity index (χ0) is 23.7. The molecule has 0 spiro atoms. The summed E-state index contributed by atoms with van der Waals surface area (Å²) < 4.78 is 25.3. The maximum Gasteiger partial charge on any atom is 0.253 e. The van der Waals surface area contributed by atoms with Crippen molar-refractivity contribution in [3.8, 4) is 0 Å². The lowest BCUT2D eigenvalue weighted by molar-refractivity contribution is 0.0827. The molecule has 2 aliphatic heterocycles. The number of rotatable bonds is 5. The van der Waals surface area contributed by atoms with Crippen LogP contribution in [0, 0.1) is 0 Å². The van der Waals surface area contributed by atoms with Crippen molar-refractivity contribution in [1.82, 2.24) is 9.80 Å². The summed E-state index contributed by atoms with van der Waals surface area (Å²) in [4.78, 5) is 31.4. The van der Waals surface area contributed by atoms with Gasteiger partial charge in [-0.25, -0.2) is 4.39 Å². The van der Waals surface area contributed by atoms with E-state index in [1.807, 2.05) is 29.7 Å². The fourth-order valence-corrected chi connectivity index (χ4v) is 4.20. The van der Waals surface area contributed by atoms with Crippen molar-refractivity contribution in [3.05, 3.63) is 64.1 Å². The van der Waals surface area contributed by atoms with Gasteiger partial charge in [-0.05, 0) is 31.2 Å². The van der Waals surface area contributed by atoms with Crippen LogP contribution < -0.4 is 10.3 Å². The smallest absolute Gasteiger partial charge is 0.253 e. The van der Waals surface area contributed by atoms with E-state index in [2.05, 4.69) is 0 Å². The third kappa shape index (κ3) is 4.66. The second-order valence-corrected chi connectivity index (χ2v) is 8.79. The second kappa shape index (κ2) is 9.39. The molecule has 2 atom stereocenters. The van der Waals surface area contributed by atoms with Gasteiger partial charge in [0.25, 0.3) is 5.91 Å². The monoisotopic (exact) mass is 455 g/mol. The van der Waals surface area contributed by atoms with Crippen LogP contribution in [-0.2, 0) is 4.74 Å². The van der Waals surface area contributed by atoms with Crippen LogP contribution in [-0.4, -0.2) is 68.3 Å².